The Morgan fingerprint density at radius 2 is 1.64 bits per heavy atom. The van der Waals surface area contributed by atoms with Crippen molar-refractivity contribution >= 4 is 11.8 Å². The summed E-state index contributed by atoms with van der Waals surface area (Å²) in [5, 5.41) is 10.9. The molecule has 0 saturated heterocycles. The van der Waals surface area contributed by atoms with Crippen LogP contribution in [0.1, 0.15) is 113 Å². The molecule has 0 aliphatic heterocycles. The molecule has 202 valence electrons. The quantitative estimate of drug-likeness (QED) is 0.430. The molecule has 0 spiro atoms. The molecule has 3 unspecified atom stereocenters. The van der Waals surface area contributed by atoms with E-state index in [-0.39, 0.29) is 50.8 Å². The van der Waals surface area contributed by atoms with Crippen LogP contribution in [-0.4, -0.2) is 30.1 Å². The first kappa shape index (κ1) is 26.4. The molecule has 5 rings (SSSR count). The van der Waals surface area contributed by atoms with Crippen molar-refractivity contribution in [3.63, 3.8) is 0 Å². The monoisotopic (exact) mass is 498 g/mol. The van der Waals surface area contributed by atoms with Crippen molar-refractivity contribution in [1.82, 2.24) is 0 Å². The second-order valence-electron chi connectivity index (χ2n) is 15.1. The lowest BCUT2D eigenvalue weighted by Gasteiger charge is -2.72. The van der Waals surface area contributed by atoms with Crippen LogP contribution >= 0.6 is 0 Å². The Balaban J connectivity index is 1.60. The van der Waals surface area contributed by atoms with E-state index < -0.39 is 0 Å². The van der Waals surface area contributed by atoms with Crippen LogP contribution in [0.4, 0.5) is 0 Å². The maximum absolute atomic E-state index is 13.5. The van der Waals surface area contributed by atoms with E-state index in [9.17, 15) is 14.7 Å². The Bertz CT molecular complexity index is 992. The van der Waals surface area contributed by atoms with Crippen LogP contribution in [0.15, 0.2) is 11.1 Å². The molecule has 0 heterocycles. The Kier molecular flexibility index (Phi) is 6.00. The van der Waals surface area contributed by atoms with E-state index in [1.807, 2.05) is 0 Å². The third kappa shape index (κ3) is 3.21. The Hall–Kier alpha value is -1.16. The fourth-order valence-electron chi connectivity index (χ4n) is 11.3. The third-order valence-electron chi connectivity index (χ3n) is 13.3. The highest BCUT2D eigenvalue weighted by Crippen LogP contribution is 2.76. The number of carbonyl (C=O) groups excluding carboxylic acids is 2. The highest BCUT2D eigenvalue weighted by atomic mass is 16.5. The molecule has 0 aromatic rings. The van der Waals surface area contributed by atoms with Gasteiger partial charge in [-0.15, -0.1) is 0 Å². The molecule has 4 fully saturated rings. The molecule has 8 atom stereocenters. The molecule has 0 radical (unpaired) electrons. The number of hydrogen-bond acceptors (Lipinski definition) is 4. The summed E-state index contributed by atoms with van der Waals surface area (Å²) in [7, 11) is 1.48. The minimum absolute atomic E-state index is 0.0421. The van der Waals surface area contributed by atoms with Crippen molar-refractivity contribution in [3.05, 3.63) is 11.1 Å². The summed E-state index contributed by atoms with van der Waals surface area (Å²) in [5.41, 5.74) is 2.56. The van der Waals surface area contributed by atoms with Gasteiger partial charge >= 0.3 is 5.97 Å². The summed E-state index contributed by atoms with van der Waals surface area (Å²) in [6.07, 6.45) is 9.33. The normalized spacial score (nSPS) is 47.7. The summed E-state index contributed by atoms with van der Waals surface area (Å²) in [6, 6.07) is 0. The van der Waals surface area contributed by atoms with E-state index in [1.165, 1.54) is 31.9 Å². The van der Waals surface area contributed by atoms with E-state index in [1.54, 1.807) is 0 Å². The molecular formula is C32H50O4. The van der Waals surface area contributed by atoms with Crippen molar-refractivity contribution in [2.45, 2.75) is 119 Å². The van der Waals surface area contributed by atoms with Crippen LogP contribution in [0.5, 0.6) is 0 Å². The maximum Gasteiger partial charge on any atom is 0.306 e. The molecule has 4 nitrogen and oxygen atoms in total. The number of hydrogen-bond donors (Lipinski definition) is 1. The molecule has 5 aliphatic rings. The minimum Gasteiger partial charge on any atom is -0.469 e. The number of carbonyl (C=O) groups is 2. The highest BCUT2D eigenvalue weighted by Gasteiger charge is 2.70. The molecular weight excluding hydrogens is 448 g/mol. The summed E-state index contributed by atoms with van der Waals surface area (Å²) >= 11 is 0. The summed E-state index contributed by atoms with van der Waals surface area (Å²) in [4.78, 5) is 26.1. The fourth-order valence-corrected chi connectivity index (χ4v) is 11.3. The van der Waals surface area contributed by atoms with Crippen LogP contribution in [0.2, 0.25) is 0 Å². The van der Waals surface area contributed by atoms with Gasteiger partial charge in [0.15, 0.2) is 5.78 Å². The van der Waals surface area contributed by atoms with Gasteiger partial charge in [-0.2, -0.15) is 0 Å². The van der Waals surface area contributed by atoms with Crippen molar-refractivity contribution in [3.8, 4) is 0 Å². The molecule has 0 aromatic carbocycles. The van der Waals surface area contributed by atoms with E-state index in [4.69, 9.17) is 4.74 Å². The number of fused-ring (bicyclic) bond motifs is 7. The molecule has 0 bridgehead atoms. The number of aliphatic hydroxyl groups excluding tert-OH is 1. The molecule has 1 N–H and O–H groups in total. The maximum atomic E-state index is 13.5. The van der Waals surface area contributed by atoms with E-state index in [2.05, 4.69) is 48.5 Å². The average Bonchev–Trinajstić information content (AvgIpc) is 3.09. The SMILES string of the molecule is COC(=O)C[C@@]12CC[C@]3(C)C(CCC4[C@@]5(C)CC[C@H](O)C(C)(C)C5CC[C@]43C)C1=C(C(C)C)C(=O)C2. The van der Waals surface area contributed by atoms with Crippen LogP contribution in [0.3, 0.4) is 0 Å². The zero-order valence-corrected chi connectivity index (χ0v) is 24.1. The first-order valence-corrected chi connectivity index (χ1v) is 14.7. The number of methoxy groups -OCH3 is 1. The van der Waals surface area contributed by atoms with Gasteiger partial charge in [0.2, 0.25) is 0 Å². The van der Waals surface area contributed by atoms with Gasteiger partial charge in [0.25, 0.3) is 0 Å². The van der Waals surface area contributed by atoms with Crippen molar-refractivity contribution in [1.29, 1.82) is 0 Å². The molecule has 36 heavy (non-hydrogen) atoms. The van der Waals surface area contributed by atoms with Crippen molar-refractivity contribution < 1.29 is 19.4 Å². The fraction of sp³-hybridized carbons (Fsp3) is 0.875. The molecule has 4 heteroatoms. The number of rotatable bonds is 3. The van der Waals surface area contributed by atoms with Crippen LogP contribution < -0.4 is 0 Å². The molecule has 4 saturated carbocycles. The summed E-state index contributed by atoms with van der Waals surface area (Å²) < 4.78 is 5.16. The van der Waals surface area contributed by atoms with Crippen molar-refractivity contribution in [2.75, 3.05) is 7.11 Å². The van der Waals surface area contributed by atoms with Crippen molar-refractivity contribution in [2.24, 2.45) is 50.7 Å². The first-order chi connectivity index (χ1) is 16.7. The second kappa shape index (κ2) is 8.17. The van der Waals surface area contributed by atoms with E-state index >= 15 is 0 Å². The van der Waals surface area contributed by atoms with Crippen LogP contribution in [0.25, 0.3) is 0 Å². The number of aliphatic hydroxyl groups is 1. The Morgan fingerprint density at radius 1 is 0.944 bits per heavy atom. The molecule has 0 aromatic heterocycles. The predicted octanol–water partition coefficient (Wildman–Crippen LogP) is 6.89. The van der Waals surface area contributed by atoms with Gasteiger partial charge in [-0.05, 0) is 102 Å². The van der Waals surface area contributed by atoms with E-state index in [0.717, 1.165) is 37.7 Å². The molecule has 5 aliphatic carbocycles. The van der Waals surface area contributed by atoms with Gasteiger partial charge in [-0.1, -0.05) is 54.0 Å². The summed E-state index contributed by atoms with van der Waals surface area (Å²) in [5.74, 6) is 1.83. The van der Waals surface area contributed by atoms with Gasteiger partial charge in [-0.25, -0.2) is 0 Å². The Morgan fingerprint density at radius 3 is 2.28 bits per heavy atom. The number of ether oxygens (including phenoxy) is 1. The minimum atomic E-state index is -0.338. The average molecular weight is 499 g/mol. The third-order valence-corrected chi connectivity index (χ3v) is 13.3. The number of esters is 1. The standard InChI is InChI=1S/C32H50O4/c1-19(2)26-21(33)17-32(18-25(35)36-8)16-15-30(6)20(27(26)32)9-10-23-29(5)13-12-24(34)28(3,4)22(29)11-14-31(23,30)7/h19-20,22-24,34H,9-18H2,1-8H3/t20?,22?,23?,24-,29-,30+,31+,32-/m0/s1. The summed E-state index contributed by atoms with van der Waals surface area (Å²) in [6.45, 7) is 16.6. The topological polar surface area (TPSA) is 63.6 Å². The largest absolute Gasteiger partial charge is 0.469 e. The highest BCUT2D eigenvalue weighted by molar-refractivity contribution is 6.01. The number of ketones is 1. The Labute approximate surface area is 219 Å². The van der Waals surface area contributed by atoms with E-state index in [0.29, 0.717) is 30.6 Å². The predicted molar refractivity (Wildman–Crippen MR) is 142 cm³/mol. The van der Waals surface area contributed by atoms with Gasteiger partial charge in [0.05, 0.1) is 19.6 Å². The van der Waals surface area contributed by atoms with Gasteiger partial charge in [0, 0.05) is 11.8 Å². The van der Waals surface area contributed by atoms with Crippen LogP contribution in [-0.2, 0) is 14.3 Å². The van der Waals surface area contributed by atoms with Gasteiger partial charge in [0.1, 0.15) is 0 Å². The number of allylic oxidation sites excluding steroid dienone is 2. The zero-order valence-electron chi connectivity index (χ0n) is 24.1. The van der Waals surface area contributed by atoms with Crippen LogP contribution in [0, 0.1) is 50.7 Å². The lowest BCUT2D eigenvalue weighted by atomic mass is 9.33. The first-order valence-electron chi connectivity index (χ1n) is 14.7. The lowest BCUT2D eigenvalue weighted by molar-refractivity contribution is -0.228. The zero-order chi connectivity index (χ0) is 26.5. The van der Waals surface area contributed by atoms with Gasteiger partial charge in [-0.3, -0.25) is 9.59 Å². The number of Topliss-reactive ketones (excluding diaryl/α,β-unsaturated/α-hetero) is 1. The second-order valence-corrected chi connectivity index (χ2v) is 15.1. The molecule has 0 amide bonds. The van der Waals surface area contributed by atoms with Gasteiger partial charge < -0.3 is 9.84 Å². The lowest BCUT2D eigenvalue weighted by Crippen LogP contribution is -2.65. The smallest absolute Gasteiger partial charge is 0.306 e.